The molecule has 8 nitrogen and oxygen atoms in total. The van der Waals surface area contributed by atoms with Crippen molar-refractivity contribution >= 4 is 23.1 Å². The molecule has 2 amide bonds. The van der Waals surface area contributed by atoms with E-state index in [0.717, 1.165) is 24.2 Å². The van der Waals surface area contributed by atoms with E-state index in [2.05, 4.69) is 37.1 Å². The highest BCUT2D eigenvalue weighted by Gasteiger charge is 2.28. The molecular weight excluding hydrogens is 374 g/mol. The first-order valence-corrected chi connectivity index (χ1v) is 10.1. The van der Waals surface area contributed by atoms with Gasteiger partial charge in [0.1, 0.15) is 0 Å². The highest BCUT2D eigenvalue weighted by molar-refractivity contribution is 7.10. The number of nitrogens with one attached hydrogen (secondary N) is 2. The van der Waals surface area contributed by atoms with Gasteiger partial charge in [-0.2, -0.15) is 0 Å². The number of urea groups is 1. The molecule has 1 fully saturated rings. The molecule has 1 saturated carbocycles. The summed E-state index contributed by atoms with van der Waals surface area (Å²) in [6, 6.07) is 12.0. The van der Waals surface area contributed by atoms with Crippen LogP contribution in [0.2, 0.25) is 0 Å². The topological polar surface area (TPSA) is 88.0 Å². The molecule has 0 saturated heterocycles. The molecule has 2 aromatic heterocycles. The number of thiophene rings is 1. The highest BCUT2D eigenvalue weighted by Crippen LogP contribution is 2.36. The lowest BCUT2D eigenvalue weighted by Gasteiger charge is -2.23. The number of carbonyl (C=O) groups excluding carboxylic acids is 1. The zero-order valence-corrected chi connectivity index (χ0v) is 16.7. The standard InChI is InChI=1S/C19H23N7OS/c1-25(2)16(17-7-4-10-28-17)12-20-19(27)21-14-6-3-5-13(11-14)18-22-23-24-26(18)15-8-9-15/h3-7,10-11,15-16H,8-9,12H2,1-2H3,(H2,20,21,27)/t16-/m0/s1. The minimum absolute atomic E-state index is 0.139. The Bertz CT molecular complexity index is 933. The summed E-state index contributed by atoms with van der Waals surface area (Å²) >= 11 is 1.69. The lowest BCUT2D eigenvalue weighted by atomic mass is 10.2. The third-order valence-electron chi connectivity index (χ3n) is 4.72. The van der Waals surface area contributed by atoms with Crippen LogP contribution in [0.3, 0.4) is 0 Å². The fourth-order valence-corrected chi connectivity index (χ4v) is 3.99. The van der Waals surface area contributed by atoms with Crippen LogP contribution >= 0.6 is 11.3 Å². The van der Waals surface area contributed by atoms with E-state index in [4.69, 9.17) is 0 Å². The lowest BCUT2D eigenvalue weighted by molar-refractivity contribution is 0.244. The minimum atomic E-state index is -0.234. The molecule has 1 aliphatic rings. The smallest absolute Gasteiger partial charge is 0.319 e. The number of carbonyl (C=O) groups is 1. The number of anilines is 1. The molecule has 9 heteroatoms. The predicted octanol–water partition coefficient (Wildman–Crippen LogP) is 3.16. The van der Waals surface area contributed by atoms with Crippen LogP contribution in [0.5, 0.6) is 0 Å². The van der Waals surface area contributed by atoms with E-state index in [1.54, 1.807) is 11.3 Å². The van der Waals surface area contributed by atoms with Crippen molar-refractivity contribution in [2.24, 2.45) is 0 Å². The second-order valence-electron chi connectivity index (χ2n) is 7.09. The van der Waals surface area contributed by atoms with E-state index in [-0.39, 0.29) is 12.1 Å². The van der Waals surface area contributed by atoms with E-state index in [1.165, 1.54) is 4.88 Å². The number of amides is 2. The molecule has 146 valence electrons. The number of benzene rings is 1. The van der Waals surface area contributed by atoms with Crippen molar-refractivity contribution < 1.29 is 4.79 Å². The fraction of sp³-hybridized carbons (Fsp3) is 0.368. The maximum atomic E-state index is 12.4. The summed E-state index contributed by atoms with van der Waals surface area (Å²) in [7, 11) is 4.02. The number of tetrazole rings is 1. The number of rotatable bonds is 7. The average molecular weight is 398 g/mol. The first-order valence-electron chi connectivity index (χ1n) is 9.25. The molecule has 2 N–H and O–H groups in total. The van der Waals surface area contributed by atoms with Crippen molar-refractivity contribution in [1.29, 1.82) is 0 Å². The van der Waals surface area contributed by atoms with Crippen molar-refractivity contribution in [3.63, 3.8) is 0 Å². The van der Waals surface area contributed by atoms with E-state index in [1.807, 2.05) is 54.5 Å². The summed E-state index contributed by atoms with van der Waals surface area (Å²) in [4.78, 5) is 15.7. The van der Waals surface area contributed by atoms with Gasteiger partial charge in [-0.3, -0.25) is 0 Å². The van der Waals surface area contributed by atoms with Gasteiger partial charge in [0.05, 0.1) is 12.1 Å². The summed E-state index contributed by atoms with van der Waals surface area (Å²) in [6.07, 6.45) is 2.21. The van der Waals surface area contributed by atoms with Gasteiger partial charge in [-0.25, -0.2) is 9.48 Å². The lowest BCUT2D eigenvalue weighted by Crippen LogP contribution is -2.36. The van der Waals surface area contributed by atoms with Crippen LogP contribution < -0.4 is 10.6 Å². The van der Waals surface area contributed by atoms with Gasteiger partial charge < -0.3 is 15.5 Å². The third-order valence-corrected chi connectivity index (χ3v) is 5.69. The molecule has 1 aliphatic carbocycles. The molecule has 0 radical (unpaired) electrons. The van der Waals surface area contributed by atoms with Crippen LogP contribution in [0.4, 0.5) is 10.5 Å². The van der Waals surface area contributed by atoms with E-state index >= 15 is 0 Å². The van der Waals surface area contributed by atoms with Crippen molar-refractivity contribution in [3.05, 3.63) is 46.7 Å². The fourth-order valence-electron chi connectivity index (χ4n) is 3.07. The van der Waals surface area contributed by atoms with Gasteiger partial charge in [0.25, 0.3) is 0 Å². The van der Waals surface area contributed by atoms with Crippen molar-refractivity contribution in [3.8, 4) is 11.4 Å². The number of hydrogen-bond acceptors (Lipinski definition) is 6. The maximum absolute atomic E-state index is 12.4. The Kier molecular flexibility index (Phi) is 5.36. The molecule has 4 rings (SSSR count). The van der Waals surface area contributed by atoms with Gasteiger partial charge in [-0.15, -0.1) is 16.4 Å². The van der Waals surface area contributed by atoms with Gasteiger partial charge in [0.2, 0.25) is 0 Å². The zero-order chi connectivity index (χ0) is 19.5. The van der Waals surface area contributed by atoms with Gasteiger partial charge in [0.15, 0.2) is 5.82 Å². The van der Waals surface area contributed by atoms with E-state index in [0.29, 0.717) is 18.3 Å². The molecule has 0 spiro atoms. The maximum Gasteiger partial charge on any atom is 0.319 e. The SMILES string of the molecule is CN(C)[C@@H](CNC(=O)Nc1cccc(-c2nnnn2C2CC2)c1)c1cccs1. The Morgan fingerprint density at radius 1 is 1.32 bits per heavy atom. The Hall–Kier alpha value is -2.78. The Morgan fingerprint density at radius 3 is 2.89 bits per heavy atom. The molecular formula is C19H23N7OS. The van der Waals surface area contributed by atoms with Gasteiger partial charge in [0, 0.05) is 22.7 Å². The predicted molar refractivity (Wildman–Crippen MR) is 109 cm³/mol. The molecule has 0 unspecified atom stereocenters. The largest absolute Gasteiger partial charge is 0.336 e. The van der Waals surface area contributed by atoms with Crippen molar-refractivity contribution in [2.75, 3.05) is 26.0 Å². The van der Waals surface area contributed by atoms with Crippen LogP contribution in [-0.4, -0.2) is 51.8 Å². The van der Waals surface area contributed by atoms with Crippen LogP contribution in [-0.2, 0) is 0 Å². The summed E-state index contributed by atoms with van der Waals surface area (Å²) in [5.41, 5.74) is 1.59. The zero-order valence-electron chi connectivity index (χ0n) is 15.9. The molecule has 1 atom stereocenters. The second kappa shape index (κ2) is 8.07. The average Bonchev–Trinajstić information content (AvgIpc) is 3.17. The quantitative estimate of drug-likeness (QED) is 0.639. The number of hydrogen-bond donors (Lipinski definition) is 2. The first kappa shape index (κ1) is 18.6. The summed E-state index contributed by atoms with van der Waals surface area (Å²) < 4.78 is 1.86. The molecule has 1 aromatic carbocycles. The summed E-state index contributed by atoms with van der Waals surface area (Å²) in [6.45, 7) is 0.527. The van der Waals surface area contributed by atoms with Crippen LogP contribution in [0.15, 0.2) is 41.8 Å². The molecule has 2 heterocycles. The van der Waals surface area contributed by atoms with Crippen molar-refractivity contribution in [1.82, 2.24) is 30.4 Å². The van der Waals surface area contributed by atoms with Crippen LogP contribution in [0.1, 0.15) is 29.8 Å². The molecule has 0 aliphatic heterocycles. The Morgan fingerprint density at radius 2 is 2.18 bits per heavy atom. The third kappa shape index (κ3) is 4.20. The van der Waals surface area contributed by atoms with Crippen LogP contribution in [0.25, 0.3) is 11.4 Å². The van der Waals surface area contributed by atoms with Gasteiger partial charge in [-0.05, 0) is 60.9 Å². The van der Waals surface area contributed by atoms with E-state index in [9.17, 15) is 4.79 Å². The monoisotopic (exact) mass is 397 g/mol. The first-order chi connectivity index (χ1) is 13.6. The number of nitrogens with zero attached hydrogens (tertiary/aromatic N) is 5. The second-order valence-corrected chi connectivity index (χ2v) is 8.07. The molecule has 28 heavy (non-hydrogen) atoms. The van der Waals surface area contributed by atoms with Crippen molar-refractivity contribution in [2.45, 2.75) is 24.9 Å². The Labute approximate surface area is 167 Å². The summed E-state index contributed by atoms with van der Waals surface area (Å²) in [5, 5.41) is 19.9. The normalized spacial score (nSPS) is 14.8. The van der Waals surface area contributed by atoms with Crippen LogP contribution in [0, 0.1) is 0 Å². The van der Waals surface area contributed by atoms with Gasteiger partial charge >= 0.3 is 6.03 Å². The number of likely N-dealkylation sites (N-methyl/N-ethyl adjacent to an activating group) is 1. The molecule has 3 aromatic rings. The van der Waals surface area contributed by atoms with E-state index < -0.39 is 0 Å². The van der Waals surface area contributed by atoms with Gasteiger partial charge in [-0.1, -0.05) is 18.2 Å². The molecule has 0 bridgehead atoms. The summed E-state index contributed by atoms with van der Waals surface area (Å²) in [5.74, 6) is 0.733. The highest BCUT2D eigenvalue weighted by atomic mass is 32.1. The minimum Gasteiger partial charge on any atom is -0.336 e. The number of aromatic nitrogens is 4. The Balaban J connectivity index is 1.40.